The van der Waals surface area contributed by atoms with E-state index in [1.165, 1.54) is 4.68 Å². The molecule has 4 rings (SSSR count). The molecule has 3 N–H and O–H groups in total. The van der Waals surface area contributed by atoms with Crippen LogP contribution in [0.4, 0.5) is 5.69 Å². The molecule has 1 amide bonds. The number of para-hydroxylation sites is 1. The predicted octanol–water partition coefficient (Wildman–Crippen LogP) is 3.03. The zero-order chi connectivity index (χ0) is 18.8. The fraction of sp³-hybridized carbons (Fsp3) is 0. The maximum Gasteiger partial charge on any atom is 0.280 e. The number of anilines is 1. The van der Waals surface area contributed by atoms with Gasteiger partial charge >= 0.3 is 0 Å². The maximum atomic E-state index is 13.0. The Morgan fingerprint density at radius 3 is 2.30 bits per heavy atom. The van der Waals surface area contributed by atoms with Crippen LogP contribution in [-0.4, -0.2) is 15.6 Å². The molecule has 0 aliphatic rings. The van der Waals surface area contributed by atoms with E-state index in [0.29, 0.717) is 28.0 Å². The number of nitrogens with one attached hydrogen (secondary N) is 1. The Morgan fingerprint density at radius 1 is 0.889 bits per heavy atom. The molecule has 0 spiro atoms. The SMILES string of the molecule is Nc1ccc(C(=O)Nn2c(-c3ccccc3)nc3ccccc3c2=O)cc1. The molecule has 27 heavy (non-hydrogen) atoms. The Bertz CT molecular complexity index is 1180. The summed E-state index contributed by atoms with van der Waals surface area (Å²) in [6.45, 7) is 0. The molecule has 0 aliphatic carbocycles. The Balaban J connectivity index is 1.87. The molecule has 6 nitrogen and oxygen atoms in total. The summed E-state index contributed by atoms with van der Waals surface area (Å²) in [5.74, 6) is -0.0607. The third-order valence-electron chi connectivity index (χ3n) is 4.19. The largest absolute Gasteiger partial charge is 0.399 e. The lowest BCUT2D eigenvalue weighted by atomic mass is 10.2. The van der Waals surface area contributed by atoms with E-state index >= 15 is 0 Å². The quantitative estimate of drug-likeness (QED) is 0.552. The number of carbonyl (C=O) groups is 1. The lowest BCUT2D eigenvalue weighted by Gasteiger charge is -2.14. The molecule has 0 radical (unpaired) electrons. The van der Waals surface area contributed by atoms with E-state index in [0.717, 1.165) is 5.56 Å². The second-order valence-electron chi connectivity index (χ2n) is 6.02. The molecule has 3 aromatic carbocycles. The standard InChI is InChI=1S/C21H16N4O2/c22-16-12-10-15(11-13-16)20(26)24-25-19(14-6-2-1-3-7-14)23-18-9-5-4-8-17(18)21(25)27/h1-13H,22H2,(H,24,26). The van der Waals surface area contributed by atoms with Crippen LogP contribution in [0, 0.1) is 0 Å². The minimum absolute atomic E-state index is 0.344. The molecule has 0 aliphatic heterocycles. The number of nitrogens with two attached hydrogens (primary N) is 1. The van der Waals surface area contributed by atoms with Crippen LogP contribution in [0.1, 0.15) is 10.4 Å². The van der Waals surface area contributed by atoms with Crippen molar-refractivity contribution < 1.29 is 4.79 Å². The second-order valence-corrected chi connectivity index (χ2v) is 6.02. The van der Waals surface area contributed by atoms with Crippen LogP contribution >= 0.6 is 0 Å². The molecule has 0 fully saturated rings. The zero-order valence-corrected chi connectivity index (χ0v) is 14.3. The van der Waals surface area contributed by atoms with E-state index in [1.54, 1.807) is 42.5 Å². The summed E-state index contributed by atoms with van der Waals surface area (Å²) in [5, 5.41) is 0.426. The van der Waals surface area contributed by atoms with Crippen LogP contribution in [0.5, 0.6) is 0 Å². The normalized spacial score (nSPS) is 10.7. The fourth-order valence-corrected chi connectivity index (χ4v) is 2.82. The van der Waals surface area contributed by atoms with Gasteiger partial charge in [-0.2, -0.15) is 4.68 Å². The molecule has 0 saturated carbocycles. The van der Waals surface area contributed by atoms with Crippen LogP contribution in [-0.2, 0) is 0 Å². The van der Waals surface area contributed by atoms with Crippen LogP contribution in [0.2, 0.25) is 0 Å². The Kier molecular flexibility index (Phi) is 4.14. The van der Waals surface area contributed by atoms with Crippen LogP contribution in [0.25, 0.3) is 22.3 Å². The molecule has 0 atom stereocenters. The lowest BCUT2D eigenvalue weighted by molar-refractivity contribution is 0.101. The first-order valence-corrected chi connectivity index (χ1v) is 8.37. The molecular weight excluding hydrogens is 340 g/mol. The van der Waals surface area contributed by atoms with Gasteiger partial charge in [0.05, 0.1) is 10.9 Å². The van der Waals surface area contributed by atoms with E-state index in [2.05, 4.69) is 10.4 Å². The first kappa shape index (κ1) is 16.5. The van der Waals surface area contributed by atoms with Crippen molar-refractivity contribution in [2.45, 2.75) is 0 Å². The van der Waals surface area contributed by atoms with Crippen molar-refractivity contribution in [3.8, 4) is 11.4 Å². The number of benzene rings is 3. The van der Waals surface area contributed by atoms with Crippen molar-refractivity contribution in [2.24, 2.45) is 0 Å². The highest BCUT2D eigenvalue weighted by atomic mass is 16.2. The highest BCUT2D eigenvalue weighted by molar-refractivity contribution is 6.00. The van der Waals surface area contributed by atoms with Crippen LogP contribution < -0.4 is 16.7 Å². The molecule has 1 heterocycles. The van der Waals surface area contributed by atoms with Crippen molar-refractivity contribution in [1.29, 1.82) is 0 Å². The van der Waals surface area contributed by atoms with Crippen molar-refractivity contribution >= 4 is 22.5 Å². The first-order valence-electron chi connectivity index (χ1n) is 8.37. The number of fused-ring (bicyclic) bond motifs is 1. The third kappa shape index (κ3) is 3.16. The van der Waals surface area contributed by atoms with Crippen LogP contribution in [0.3, 0.4) is 0 Å². The minimum atomic E-state index is -0.425. The Hall–Kier alpha value is -3.93. The monoisotopic (exact) mass is 356 g/mol. The van der Waals surface area contributed by atoms with Gasteiger partial charge in [0, 0.05) is 16.8 Å². The van der Waals surface area contributed by atoms with Gasteiger partial charge in [-0.05, 0) is 36.4 Å². The van der Waals surface area contributed by atoms with Crippen molar-refractivity contribution in [3.63, 3.8) is 0 Å². The molecule has 132 valence electrons. The summed E-state index contributed by atoms with van der Waals surface area (Å²) in [6, 6.07) is 22.8. The summed E-state index contributed by atoms with van der Waals surface area (Å²) in [7, 11) is 0. The maximum absolute atomic E-state index is 13.0. The van der Waals surface area contributed by atoms with E-state index in [1.807, 2.05) is 36.4 Å². The van der Waals surface area contributed by atoms with E-state index < -0.39 is 5.91 Å². The summed E-state index contributed by atoms with van der Waals surface area (Å²) >= 11 is 0. The molecule has 0 bridgehead atoms. The number of rotatable bonds is 3. The lowest BCUT2D eigenvalue weighted by Crippen LogP contribution is -2.35. The smallest absolute Gasteiger partial charge is 0.280 e. The highest BCUT2D eigenvalue weighted by Gasteiger charge is 2.15. The van der Waals surface area contributed by atoms with Crippen molar-refractivity contribution in [3.05, 3.63) is 94.8 Å². The predicted molar refractivity (Wildman–Crippen MR) is 106 cm³/mol. The van der Waals surface area contributed by atoms with Gasteiger partial charge in [-0.15, -0.1) is 0 Å². The molecular formula is C21H16N4O2. The number of amides is 1. The fourth-order valence-electron chi connectivity index (χ4n) is 2.82. The Morgan fingerprint density at radius 2 is 1.56 bits per heavy atom. The average molecular weight is 356 g/mol. The summed E-state index contributed by atoms with van der Waals surface area (Å²) in [6.07, 6.45) is 0. The van der Waals surface area contributed by atoms with Crippen molar-refractivity contribution in [1.82, 2.24) is 9.66 Å². The summed E-state index contributed by atoms with van der Waals surface area (Å²) in [5.41, 5.74) is 10.2. The van der Waals surface area contributed by atoms with E-state index in [4.69, 9.17) is 5.73 Å². The van der Waals surface area contributed by atoms with Gasteiger partial charge in [0.25, 0.3) is 11.5 Å². The number of nitrogen functional groups attached to an aromatic ring is 1. The van der Waals surface area contributed by atoms with Gasteiger partial charge in [0.1, 0.15) is 0 Å². The average Bonchev–Trinajstić information content (AvgIpc) is 2.71. The number of aromatic nitrogens is 2. The minimum Gasteiger partial charge on any atom is -0.399 e. The molecule has 0 saturated heterocycles. The zero-order valence-electron chi connectivity index (χ0n) is 14.3. The number of hydrogen-bond acceptors (Lipinski definition) is 4. The highest BCUT2D eigenvalue weighted by Crippen LogP contribution is 2.18. The van der Waals surface area contributed by atoms with Gasteiger partial charge < -0.3 is 5.73 Å². The van der Waals surface area contributed by atoms with E-state index in [-0.39, 0.29) is 5.56 Å². The molecule has 6 heteroatoms. The molecule has 4 aromatic rings. The van der Waals surface area contributed by atoms with Gasteiger partial charge in [0.15, 0.2) is 5.82 Å². The molecule has 1 aromatic heterocycles. The molecule has 0 unspecified atom stereocenters. The third-order valence-corrected chi connectivity index (χ3v) is 4.19. The van der Waals surface area contributed by atoms with Crippen LogP contribution in [0.15, 0.2) is 83.7 Å². The van der Waals surface area contributed by atoms with E-state index in [9.17, 15) is 9.59 Å². The summed E-state index contributed by atoms with van der Waals surface area (Å²) < 4.78 is 1.19. The number of nitrogens with zero attached hydrogens (tertiary/aromatic N) is 2. The van der Waals surface area contributed by atoms with Crippen molar-refractivity contribution in [2.75, 3.05) is 11.2 Å². The van der Waals surface area contributed by atoms with Gasteiger partial charge in [-0.25, -0.2) is 4.98 Å². The Labute approximate surface area is 154 Å². The summed E-state index contributed by atoms with van der Waals surface area (Å²) in [4.78, 5) is 30.3. The van der Waals surface area contributed by atoms with Gasteiger partial charge in [-0.1, -0.05) is 42.5 Å². The topological polar surface area (TPSA) is 90.0 Å². The number of carbonyl (C=O) groups excluding carboxylic acids is 1. The van der Waals surface area contributed by atoms with Gasteiger partial charge in [0.2, 0.25) is 0 Å². The first-order chi connectivity index (χ1) is 13.1. The second kappa shape index (κ2) is 6.76. The van der Waals surface area contributed by atoms with Gasteiger partial charge in [-0.3, -0.25) is 15.0 Å². The number of hydrogen-bond donors (Lipinski definition) is 2.